The van der Waals surface area contributed by atoms with Crippen LogP contribution in [0.15, 0.2) is 22.7 Å². The first-order valence-electron chi connectivity index (χ1n) is 4.86. The lowest BCUT2D eigenvalue weighted by Crippen LogP contribution is -2.34. The van der Waals surface area contributed by atoms with Gasteiger partial charge in [0.25, 0.3) is 5.91 Å². The molecule has 0 saturated carbocycles. The van der Waals surface area contributed by atoms with E-state index in [4.69, 9.17) is 16.3 Å². The molecule has 0 saturated heterocycles. The first-order chi connectivity index (χ1) is 7.49. The molecule has 0 atom stereocenters. The fraction of sp³-hybridized carbons (Fsp3) is 0.364. The molecule has 3 nitrogen and oxygen atoms in total. The van der Waals surface area contributed by atoms with Crippen molar-refractivity contribution in [3.05, 3.63) is 27.7 Å². The van der Waals surface area contributed by atoms with Gasteiger partial charge in [-0.05, 0) is 48.0 Å². The Labute approximate surface area is 108 Å². The average molecular weight is 307 g/mol. The molecule has 0 aliphatic rings. The summed E-state index contributed by atoms with van der Waals surface area (Å²) in [5.74, 6) is 0.432. The maximum atomic E-state index is 11.3. The molecule has 0 radical (unpaired) electrons. The van der Waals surface area contributed by atoms with Crippen molar-refractivity contribution >= 4 is 33.4 Å². The van der Waals surface area contributed by atoms with Gasteiger partial charge in [-0.2, -0.15) is 0 Å². The number of nitrogens with one attached hydrogen (secondary N) is 1. The van der Waals surface area contributed by atoms with Crippen molar-refractivity contribution < 1.29 is 9.53 Å². The highest BCUT2D eigenvalue weighted by molar-refractivity contribution is 9.10. The first kappa shape index (κ1) is 13.3. The molecule has 0 aromatic heterocycles. The van der Waals surface area contributed by atoms with Gasteiger partial charge in [0.2, 0.25) is 0 Å². The van der Waals surface area contributed by atoms with Crippen LogP contribution >= 0.6 is 27.5 Å². The van der Waals surface area contributed by atoms with Crippen molar-refractivity contribution in [2.75, 3.05) is 6.61 Å². The third-order valence-electron chi connectivity index (χ3n) is 1.71. The summed E-state index contributed by atoms with van der Waals surface area (Å²) in [6.45, 7) is 3.79. The fourth-order valence-electron chi connectivity index (χ4n) is 1.08. The van der Waals surface area contributed by atoms with E-state index in [1.807, 2.05) is 13.8 Å². The summed E-state index contributed by atoms with van der Waals surface area (Å²) < 4.78 is 6.09. The molecule has 0 spiro atoms. The first-order valence-corrected chi connectivity index (χ1v) is 6.03. The highest BCUT2D eigenvalue weighted by atomic mass is 79.9. The second-order valence-corrected chi connectivity index (χ2v) is 4.85. The number of carbonyl (C=O) groups excluding carboxylic acids is 1. The minimum absolute atomic E-state index is 0.00383. The second-order valence-electron chi connectivity index (χ2n) is 3.59. The van der Waals surface area contributed by atoms with Crippen molar-refractivity contribution in [3.8, 4) is 5.75 Å². The van der Waals surface area contributed by atoms with Gasteiger partial charge in [0, 0.05) is 10.5 Å². The van der Waals surface area contributed by atoms with Gasteiger partial charge in [-0.25, -0.2) is 0 Å². The third-order valence-corrected chi connectivity index (χ3v) is 2.94. The zero-order valence-electron chi connectivity index (χ0n) is 9.09. The van der Waals surface area contributed by atoms with Crippen LogP contribution in [0.25, 0.3) is 0 Å². The Morgan fingerprint density at radius 2 is 2.25 bits per heavy atom. The average Bonchev–Trinajstić information content (AvgIpc) is 2.19. The maximum Gasteiger partial charge on any atom is 0.258 e. The van der Waals surface area contributed by atoms with Gasteiger partial charge >= 0.3 is 0 Å². The maximum absolute atomic E-state index is 11.3. The summed E-state index contributed by atoms with van der Waals surface area (Å²) in [4.78, 5) is 11.3. The standard InChI is InChI=1S/C11H13BrClNO2/c1-7(2)14-11(15)6-16-8-3-4-9(12)10(13)5-8/h3-5,7H,6H2,1-2H3,(H,14,15). The lowest BCUT2D eigenvalue weighted by molar-refractivity contribution is -0.123. The van der Waals surface area contributed by atoms with Crippen LogP contribution in [0.1, 0.15) is 13.8 Å². The van der Waals surface area contributed by atoms with Gasteiger partial charge in [0.15, 0.2) is 6.61 Å². The SMILES string of the molecule is CC(C)NC(=O)COc1ccc(Br)c(Cl)c1. The number of halogens is 2. The summed E-state index contributed by atoms with van der Waals surface area (Å²) in [7, 11) is 0. The summed E-state index contributed by atoms with van der Waals surface area (Å²) in [6.07, 6.45) is 0. The van der Waals surface area contributed by atoms with Gasteiger partial charge < -0.3 is 10.1 Å². The van der Waals surface area contributed by atoms with E-state index in [1.165, 1.54) is 0 Å². The third kappa shape index (κ3) is 4.41. The fourth-order valence-corrected chi connectivity index (χ4v) is 1.50. The molecule has 0 aliphatic heterocycles. The van der Waals surface area contributed by atoms with Crippen molar-refractivity contribution in [3.63, 3.8) is 0 Å². The van der Waals surface area contributed by atoms with E-state index in [0.717, 1.165) is 4.47 Å². The van der Waals surface area contributed by atoms with Gasteiger partial charge in [-0.3, -0.25) is 4.79 Å². The zero-order chi connectivity index (χ0) is 12.1. The normalized spacial score (nSPS) is 10.3. The molecule has 5 heteroatoms. The van der Waals surface area contributed by atoms with Crippen molar-refractivity contribution in [1.82, 2.24) is 5.32 Å². The van der Waals surface area contributed by atoms with Crippen LogP contribution in [0.4, 0.5) is 0 Å². The molecule has 0 unspecified atom stereocenters. The van der Waals surface area contributed by atoms with Crippen LogP contribution < -0.4 is 10.1 Å². The Hall–Kier alpha value is -0.740. The van der Waals surface area contributed by atoms with Gasteiger partial charge in [0.1, 0.15) is 5.75 Å². The molecule has 1 aromatic rings. The summed E-state index contributed by atoms with van der Waals surface area (Å²) in [5, 5.41) is 3.29. The monoisotopic (exact) mass is 305 g/mol. The summed E-state index contributed by atoms with van der Waals surface area (Å²) >= 11 is 9.16. The van der Waals surface area contributed by atoms with E-state index in [9.17, 15) is 4.79 Å². The predicted octanol–water partition coefficient (Wildman–Crippen LogP) is 3.01. The van der Waals surface area contributed by atoms with Crippen molar-refractivity contribution in [2.45, 2.75) is 19.9 Å². The summed E-state index contributed by atoms with van der Waals surface area (Å²) in [5.41, 5.74) is 0. The number of rotatable bonds is 4. The lowest BCUT2D eigenvalue weighted by atomic mass is 10.3. The van der Waals surface area contributed by atoms with Crippen molar-refractivity contribution in [2.24, 2.45) is 0 Å². The van der Waals surface area contributed by atoms with Crippen LogP contribution in [-0.4, -0.2) is 18.6 Å². The number of ether oxygens (including phenoxy) is 1. The van der Waals surface area contributed by atoms with E-state index in [2.05, 4.69) is 21.2 Å². The number of carbonyl (C=O) groups is 1. The largest absolute Gasteiger partial charge is 0.484 e. The van der Waals surface area contributed by atoms with Crippen LogP contribution in [0, 0.1) is 0 Å². The molecular weight excluding hydrogens is 293 g/mol. The Morgan fingerprint density at radius 1 is 1.56 bits per heavy atom. The molecule has 0 heterocycles. The van der Waals surface area contributed by atoms with Crippen molar-refractivity contribution in [1.29, 1.82) is 0 Å². The Balaban J connectivity index is 2.48. The van der Waals surface area contributed by atoms with E-state index in [-0.39, 0.29) is 18.6 Å². The molecule has 0 bridgehead atoms. The Kier molecular flexibility index (Phi) is 5.09. The quantitative estimate of drug-likeness (QED) is 0.928. The Bertz CT molecular complexity index is 382. The van der Waals surface area contributed by atoms with Gasteiger partial charge in [-0.1, -0.05) is 11.6 Å². The highest BCUT2D eigenvalue weighted by Gasteiger charge is 2.05. The van der Waals surface area contributed by atoms with Crippen LogP contribution in [0.2, 0.25) is 5.02 Å². The van der Waals surface area contributed by atoms with Gasteiger partial charge in [-0.15, -0.1) is 0 Å². The summed E-state index contributed by atoms with van der Waals surface area (Å²) in [6, 6.07) is 5.30. The lowest BCUT2D eigenvalue weighted by Gasteiger charge is -2.10. The number of amides is 1. The highest BCUT2D eigenvalue weighted by Crippen LogP contribution is 2.26. The van der Waals surface area contributed by atoms with Crippen LogP contribution in [0.5, 0.6) is 5.75 Å². The van der Waals surface area contributed by atoms with Crippen LogP contribution in [0.3, 0.4) is 0 Å². The topological polar surface area (TPSA) is 38.3 Å². The number of hydrogen-bond acceptors (Lipinski definition) is 2. The molecule has 0 aliphatic carbocycles. The molecule has 16 heavy (non-hydrogen) atoms. The minimum atomic E-state index is -0.144. The van der Waals surface area contributed by atoms with E-state index >= 15 is 0 Å². The zero-order valence-corrected chi connectivity index (χ0v) is 11.4. The number of hydrogen-bond donors (Lipinski definition) is 1. The second kappa shape index (κ2) is 6.11. The molecule has 1 amide bonds. The molecule has 1 N–H and O–H groups in total. The smallest absolute Gasteiger partial charge is 0.258 e. The van der Waals surface area contributed by atoms with E-state index < -0.39 is 0 Å². The molecular formula is C11H13BrClNO2. The molecule has 1 rings (SSSR count). The Morgan fingerprint density at radius 3 is 2.81 bits per heavy atom. The predicted molar refractivity (Wildman–Crippen MR) is 67.9 cm³/mol. The molecule has 0 fully saturated rings. The molecule has 1 aromatic carbocycles. The van der Waals surface area contributed by atoms with Gasteiger partial charge in [0.05, 0.1) is 5.02 Å². The minimum Gasteiger partial charge on any atom is -0.484 e. The van der Waals surface area contributed by atoms with Crippen LogP contribution in [-0.2, 0) is 4.79 Å². The van der Waals surface area contributed by atoms with E-state index in [1.54, 1.807) is 18.2 Å². The number of benzene rings is 1. The molecule has 88 valence electrons. The van der Waals surface area contributed by atoms with E-state index in [0.29, 0.717) is 10.8 Å².